The molecule has 0 amide bonds. The predicted octanol–water partition coefficient (Wildman–Crippen LogP) is 12.4. The van der Waals surface area contributed by atoms with Gasteiger partial charge in [0.25, 0.3) is 0 Å². The minimum absolute atomic E-state index is 0.717. The lowest BCUT2D eigenvalue weighted by Crippen LogP contribution is -1.97. The third-order valence-corrected chi connectivity index (χ3v) is 9.80. The van der Waals surface area contributed by atoms with E-state index in [0.717, 1.165) is 33.9 Å². The van der Waals surface area contributed by atoms with E-state index in [2.05, 4.69) is 164 Å². The van der Waals surface area contributed by atoms with Crippen LogP contribution in [0.4, 0.5) is 0 Å². The number of fused-ring (bicyclic) bond motifs is 9. The van der Waals surface area contributed by atoms with E-state index in [1.54, 1.807) is 0 Å². The van der Waals surface area contributed by atoms with Crippen LogP contribution in [0.5, 0.6) is 0 Å². The number of aromatic nitrogens is 2. The van der Waals surface area contributed by atoms with E-state index >= 15 is 0 Å². The Kier molecular flexibility index (Phi) is 5.91. The minimum atomic E-state index is 0.717. The molecule has 48 heavy (non-hydrogen) atoms. The fourth-order valence-electron chi connectivity index (χ4n) is 7.53. The quantitative estimate of drug-likeness (QED) is 0.147. The molecule has 0 unspecified atom stereocenters. The van der Waals surface area contributed by atoms with Crippen LogP contribution in [-0.4, -0.2) is 9.97 Å². The second-order valence-corrected chi connectivity index (χ2v) is 12.6. The first kappa shape index (κ1) is 26.8. The van der Waals surface area contributed by atoms with Crippen molar-refractivity contribution in [3.63, 3.8) is 0 Å². The molecular weight excluding hydrogens is 581 g/mol. The van der Waals surface area contributed by atoms with Crippen LogP contribution in [-0.2, 0) is 0 Å². The van der Waals surface area contributed by atoms with Crippen molar-refractivity contribution < 1.29 is 0 Å². The third-order valence-electron chi connectivity index (χ3n) is 9.80. The van der Waals surface area contributed by atoms with Crippen LogP contribution < -0.4 is 0 Å². The van der Waals surface area contributed by atoms with Gasteiger partial charge in [-0.05, 0) is 82.8 Å². The molecule has 0 fully saturated rings. The molecule has 0 spiro atoms. The summed E-state index contributed by atoms with van der Waals surface area (Å²) in [5.74, 6) is 0.717. The Balaban J connectivity index is 1.26. The Labute approximate surface area is 277 Å². The zero-order valence-corrected chi connectivity index (χ0v) is 26.1. The maximum absolute atomic E-state index is 5.33. The topological polar surface area (TPSA) is 25.8 Å². The second-order valence-electron chi connectivity index (χ2n) is 12.6. The normalized spacial score (nSPS) is 11.8. The van der Waals surface area contributed by atoms with Crippen molar-refractivity contribution in [2.24, 2.45) is 0 Å². The van der Waals surface area contributed by atoms with Gasteiger partial charge in [-0.25, -0.2) is 9.97 Å². The van der Waals surface area contributed by atoms with Gasteiger partial charge in [0.15, 0.2) is 5.82 Å². The van der Waals surface area contributed by atoms with E-state index in [-0.39, 0.29) is 0 Å². The first-order valence-corrected chi connectivity index (χ1v) is 16.4. The van der Waals surface area contributed by atoms with Gasteiger partial charge >= 0.3 is 0 Å². The van der Waals surface area contributed by atoms with E-state index in [1.165, 1.54) is 64.6 Å². The molecule has 0 aliphatic carbocycles. The summed E-state index contributed by atoms with van der Waals surface area (Å²) < 4.78 is 0. The van der Waals surface area contributed by atoms with Gasteiger partial charge < -0.3 is 0 Å². The molecule has 2 heteroatoms. The second kappa shape index (κ2) is 10.6. The fourth-order valence-corrected chi connectivity index (χ4v) is 7.53. The Morgan fingerprint density at radius 1 is 0.292 bits per heavy atom. The Bertz CT molecular complexity index is 2890. The highest BCUT2D eigenvalue weighted by atomic mass is 14.9. The molecule has 0 saturated carbocycles. The molecule has 1 heterocycles. The number of rotatable bonds is 3. The monoisotopic (exact) mass is 608 g/mol. The summed E-state index contributed by atoms with van der Waals surface area (Å²) in [4.78, 5) is 10.5. The van der Waals surface area contributed by atoms with E-state index in [1.807, 2.05) is 6.07 Å². The van der Waals surface area contributed by atoms with E-state index in [9.17, 15) is 0 Å². The summed E-state index contributed by atoms with van der Waals surface area (Å²) >= 11 is 0. The SMILES string of the molecule is c1ccc(-c2nc(-c3ccc4c(ccc5c6ccccc6ccc45)c3)cc(-c3c4ccccc4cc4ccc5ccccc5c34)n2)cc1. The minimum Gasteiger partial charge on any atom is -0.228 e. The third kappa shape index (κ3) is 4.20. The summed E-state index contributed by atoms with van der Waals surface area (Å²) in [6, 6.07) is 61.0. The zero-order chi connectivity index (χ0) is 31.6. The molecule has 0 radical (unpaired) electrons. The molecule has 0 bridgehead atoms. The molecular formula is C46H28N2. The van der Waals surface area contributed by atoms with Crippen molar-refractivity contribution >= 4 is 64.6 Å². The number of hydrogen-bond acceptors (Lipinski definition) is 2. The summed E-state index contributed by atoms with van der Waals surface area (Å²) in [6.07, 6.45) is 0. The lowest BCUT2D eigenvalue weighted by atomic mass is 9.90. The molecule has 10 aromatic rings. The highest BCUT2D eigenvalue weighted by molar-refractivity contribution is 6.22. The smallest absolute Gasteiger partial charge is 0.160 e. The molecule has 0 aliphatic heterocycles. The van der Waals surface area contributed by atoms with Gasteiger partial charge in [0, 0.05) is 16.7 Å². The van der Waals surface area contributed by atoms with Crippen molar-refractivity contribution in [2.45, 2.75) is 0 Å². The van der Waals surface area contributed by atoms with Gasteiger partial charge in [-0.3, -0.25) is 0 Å². The molecule has 9 aromatic carbocycles. The maximum atomic E-state index is 5.33. The Morgan fingerprint density at radius 2 is 0.833 bits per heavy atom. The molecule has 2 nitrogen and oxygen atoms in total. The molecule has 1 aromatic heterocycles. The lowest BCUT2D eigenvalue weighted by Gasteiger charge is -2.16. The van der Waals surface area contributed by atoms with Crippen molar-refractivity contribution in [3.8, 4) is 33.9 Å². The maximum Gasteiger partial charge on any atom is 0.160 e. The van der Waals surface area contributed by atoms with Gasteiger partial charge in [0.1, 0.15) is 0 Å². The van der Waals surface area contributed by atoms with Gasteiger partial charge in [0.2, 0.25) is 0 Å². The van der Waals surface area contributed by atoms with Crippen LogP contribution in [0.15, 0.2) is 170 Å². The molecule has 10 rings (SSSR count). The molecule has 0 N–H and O–H groups in total. The standard InChI is InChI=1S/C46H28N2/c1-2-12-31(13-3-1)46-47-42(34-22-23-37-33(26-34)21-25-40-36-15-7-4-10-29(36)20-24-41(37)40)28-43(48-46)45-39-17-9-6-14-32(39)27-35-19-18-30-11-5-8-16-38(30)44(35)45/h1-28H. The highest BCUT2D eigenvalue weighted by Gasteiger charge is 2.18. The number of nitrogens with zero attached hydrogens (tertiary/aromatic N) is 2. The van der Waals surface area contributed by atoms with Crippen molar-refractivity contribution in [2.75, 3.05) is 0 Å². The fraction of sp³-hybridized carbons (Fsp3) is 0. The zero-order valence-electron chi connectivity index (χ0n) is 26.1. The van der Waals surface area contributed by atoms with Crippen LogP contribution in [0.25, 0.3) is 98.5 Å². The lowest BCUT2D eigenvalue weighted by molar-refractivity contribution is 1.19. The molecule has 0 saturated heterocycles. The number of hydrogen-bond donors (Lipinski definition) is 0. The van der Waals surface area contributed by atoms with Crippen LogP contribution in [0.1, 0.15) is 0 Å². The van der Waals surface area contributed by atoms with Crippen LogP contribution >= 0.6 is 0 Å². The van der Waals surface area contributed by atoms with Gasteiger partial charge in [-0.15, -0.1) is 0 Å². The van der Waals surface area contributed by atoms with Crippen molar-refractivity contribution in [3.05, 3.63) is 170 Å². The molecule has 0 atom stereocenters. The summed E-state index contributed by atoms with van der Waals surface area (Å²) in [5, 5.41) is 14.8. The Morgan fingerprint density at radius 3 is 1.65 bits per heavy atom. The summed E-state index contributed by atoms with van der Waals surface area (Å²) in [5.41, 5.74) is 5.02. The van der Waals surface area contributed by atoms with Crippen molar-refractivity contribution in [1.29, 1.82) is 0 Å². The van der Waals surface area contributed by atoms with E-state index in [0.29, 0.717) is 0 Å². The van der Waals surface area contributed by atoms with Gasteiger partial charge in [-0.1, -0.05) is 152 Å². The van der Waals surface area contributed by atoms with E-state index < -0.39 is 0 Å². The first-order chi connectivity index (χ1) is 23.8. The number of benzene rings is 9. The summed E-state index contributed by atoms with van der Waals surface area (Å²) in [6.45, 7) is 0. The first-order valence-electron chi connectivity index (χ1n) is 16.4. The highest BCUT2D eigenvalue weighted by Crippen LogP contribution is 2.41. The average Bonchev–Trinajstić information content (AvgIpc) is 3.16. The Hall–Kier alpha value is -6.38. The molecule has 222 valence electrons. The average molecular weight is 609 g/mol. The predicted molar refractivity (Wildman–Crippen MR) is 203 cm³/mol. The molecule has 0 aliphatic rings. The van der Waals surface area contributed by atoms with Gasteiger partial charge in [0.05, 0.1) is 11.4 Å². The van der Waals surface area contributed by atoms with Crippen LogP contribution in [0, 0.1) is 0 Å². The van der Waals surface area contributed by atoms with E-state index in [4.69, 9.17) is 9.97 Å². The largest absolute Gasteiger partial charge is 0.228 e. The van der Waals surface area contributed by atoms with Crippen molar-refractivity contribution in [1.82, 2.24) is 9.97 Å². The van der Waals surface area contributed by atoms with Crippen LogP contribution in [0.3, 0.4) is 0 Å². The summed E-state index contributed by atoms with van der Waals surface area (Å²) in [7, 11) is 0. The van der Waals surface area contributed by atoms with Crippen LogP contribution in [0.2, 0.25) is 0 Å². The van der Waals surface area contributed by atoms with Gasteiger partial charge in [-0.2, -0.15) is 0 Å².